The second-order valence-electron chi connectivity index (χ2n) is 3.65. The molecule has 0 aliphatic rings. The summed E-state index contributed by atoms with van der Waals surface area (Å²) in [5.74, 6) is -0.417. The van der Waals surface area contributed by atoms with Crippen LogP contribution in [-0.4, -0.2) is 17.8 Å². The third kappa shape index (κ3) is 3.78. The lowest BCUT2D eigenvalue weighted by molar-refractivity contribution is 0.187. The maximum absolute atomic E-state index is 13.1. The number of halogens is 2. The van der Waals surface area contributed by atoms with E-state index in [0.717, 1.165) is 5.56 Å². The predicted octanol–water partition coefficient (Wildman–Crippen LogP) is 2.51. The molecule has 0 saturated heterocycles. The van der Waals surface area contributed by atoms with Gasteiger partial charge in [0, 0.05) is 12.6 Å². The molecule has 2 atom stereocenters. The van der Waals surface area contributed by atoms with Crippen molar-refractivity contribution in [2.24, 2.45) is 0 Å². The molecule has 0 bridgehead atoms. The Balaban J connectivity index is 2.65. The van der Waals surface area contributed by atoms with Crippen molar-refractivity contribution in [3.63, 3.8) is 0 Å². The normalized spacial score (nSPS) is 15.0. The van der Waals surface area contributed by atoms with E-state index in [1.807, 2.05) is 6.92 Å². The topological polar surface area (TPSA) is 32.3 Å². The van der Waals surface area contributed by atoms with Crippen molar-refractivity contribution >= 4 is 11.6 Å². The Bertz CT molecular complexity index is 330. The van der Waals surface area contributed by atoms with E-state index in [1.165, 1.54) is 12.1 Å². The maximum atomic E-state index is 13.1. The number of hydrogen-bond acceptors (Lipinski definition) is 2. The van der Waals surface area contributed by atoms with Gasteiger partial charge in [0.25, 0.3) is 0 Å². The van der Waals surface area contributed by atoms with Gasteiger partial charge in [-0.1, -0.05) is 17.7 Å². The highest BCUT2D eigenvalue weighted by Gasteiger charge is 2.08. The largest absolute Gasteiger partial charge is 0.392 e. The summed E-state index contributed by atoms with van der Waals surface area (Å²) in [6.07, 6.45) is -0.412. The lowest BCUT2D eigenvalue weighted by Crippen LogP contribution is -2.27. The number of rotatable bonds is 4. The Labute approximate surface area is 94.1 Å². The number of aliphatic hydroxyl groups is 1. The van der Waals surface area contributed by atoms with Crippen molar-refractivity contribution in [1.29, 1.82) is 0 Å². The molecule has 0 radical (unpaired) electrons. The Kier molecular flexibility index (Phi) is 4.51. The van der Waals surface area contributed by atoms with Crippen molar-refractivity contribution in [3.8, 4) is 0 Å². The van der Waals surface area contributed by atoms with Crippen LogP contribution in [0.1, 0.15) is 25.5 Å². The summed E-state index contributed by atoms with van der Waals surface area (Å²) in [6.45, 7) is 4.08. The second kappa shape index (κ2) is 5.45. The van der Waals surface area contributed by atoms with Crippen molar-refractivity contribution < 1.29 is 9.50 Å². The minimum absolute atomic E-state index is 0.00799. The molecule has 1 rings (SSSR count). The summed E-state index contributed by atoms with van der Waals surface area (Å²) in [7, 11) is 0. The third-order valence-corrected chi connectivity index (χ3v) is 2.47. The number of nitrogens with one attached hydrogen (secondary N) is 1. The fraction of sp³-hybridized carbons (Fsp3) is 0.455. The average Bonchev–Trinajstić information content (AvgIpc) is 2.18. The fourth-order valence-corrected chi connectivity index (χ4v) is 1.36. The monoisotopic (exact) mass is 231 g/mol. The zero-order valence-corrected chi connectivity index (χ0v) is 9.55. The molecule has 0 spiro atoms. The van der Waals surface area contributed by atoms with E-state index < -0.39 is 11.9 Å². The van der Waals surface area contributed by atoms with E-state index in [0.29, 0.717) is 6.54 Å². The molecular weight excluding hydrogens is 217 g/mol. The van der Waals surface area contributed by atoms with Gasteiger partial charge < -0.3 is 10.4 Å². The molecule has 0 amide bonds. The highest BCUT2D eigenvalue weighted by atomic mass is 35.5. The summed E-state index contributed by atoms with van der Waals surface area (Å²) < 4.78 is 13.1. The Morgan fingerprint density at radius 3 is 2.67 bits per heavy atom. The first-order valence-electron chi connectivity index (χ1n) is 4.87. The zero-order valence-electron chi connectivity index (χ0n) is 8.80. The lowest BCUT2D eigenvalue weighted by atomic mass is 10.1. The van der Waals surface area contributed by atoms with Crippen LogP contribution in [0.5, 0.6) is 0 Å². The summed E-state index contributed by atoms with van der Waals surface area (Å²) in [4.78, 5) is 0. The number of benzene rings is 1. The molecule has 0 saturated carbocycles. The van der Waals surface area contributed by atoms with Crippen molar-refractivity contribution in [2.45, 2.75) is 26.0 Å². The van der Waals surface area contributed by atoms with Crippen LogP contribution in [0.2, 0.25) is 5.02 Å². The van der Waals surface area contributed by atoms with Crippen LogP contribution in [0.3, 0.4) is 0 Å². The summed E-state index contributed by atoms with van der Waals surface area (Å²) in [5.41, 5.74) is 0.817. The molecule has 0 heterocycles. The molecule has 1 aromatic rings. The van der Waals surface area contributed by atoms with Gasteiger partial charge in [0.05, 0.1) is 11.1 Å². The van der Waals surface area contributed by atoms with E-state index >= 15 is 0 Å². The molecule has 84 valence electrons. The minimum atomic E-state index is -0.417. The van der Waals surface area contributed by atoms with Gasteiger partial charge in [-0.05, 0) is 31.5 Å². The first kappa shape index (κ1) is 12.4. The zero-order chi connectivity index (χ0) is 11.4. The molecule has 0 aliphatic carbocycles. The molecule has 0 aromatic heterocycles. The van der Waals surface area contributed by atoms with E-state index in [1.54, 1.807) is 13.0 Å². The van der Waals surface area contributed by atoms with Crippen LogP contribution in [0.25, 0.3) is 0 Å². The van der Waals surface area contributed by atoms with Gasteiger partial charge in [-0.2, -0.15) is 0 Å². The van der Waals surface area contributed by atoms with Crippen LogP contribution in [0.4, 0.5) is 4.39 Å². The molecule has 15 heavy (non-hydrogen) atoms. The van der Waals surface area contributed by atoms with Gasteiger partial charge in [0.2, 0.25) is 0 Å². The molecule has 2 nitrogen and oxygen atoms in total. The van der Waals surface area contributed by atoms with Crippen LogP contribution < -0.4 is 5.32 Å². The molecule has 0 fully saturated rings. The van der Waals surface area contributed by atoms with Crippen LogP contribution >= 0.6 is 11.6 Å². The molecule has 4 heteroatoms. The molecule has 1 aromatic carbocycles. The average molecular weight is 232 g/mol. The van der Waals surface area contributed by atoms with Crippen molar-refractivity contribution in [1.82, 2.24) is 5.32 Å². The van der Waals surface area contributed by atoms with Gasteiger partial charge in [-0.15, -0.1) is 0 Å². The maximum Gasteiger partial charge on any atom is 0.142 e. The highest BCUT2D eigenvalue weighted by molar-refractivity contribution is 6.30. The van der Waals surface area contributed by atoms with Gasteiger partial charge in [0.1, 0.15) is 5.82 Å². The summed E-state index contributed by atoms with van der Waals surface area (Å²) >= 11 is 5.58. The first-order chi connectivity index (χ1) is 7.00. The lowest BCUT2D eigenvalue weighted by Gasteiger charge is -2.15. The van der Waals surface area contributed by atoms with Crippen LogP contribution in [0, 0.1) is 5.82 Å². The van der Waals surface area contributed by atoms with Gasteiger partial charge in [-0.3, -0.25) is 0 Å². The predicted molar refractivity (Wildman–Crippen MR) is 59.5 cm³/mol. The minimum Gasteiger partial charge on any atom is -0.392 e. The Hall–Kier alpha value is -0.640. The van der Waals surface area contributed by atoms with Gasteiger partial charge in [0.15, 0.2) is 0 Å². The standard InChI is InChI=1S/C11H15ClFNO/c1-7(15)6-14-8(2)9-3-4-10(12)11(13)5-9/h3-5,7-8,14-15H,6H2,1-2H3/t7-,8?/m0/s1. The summed E-state index contributed by atoms with van der Waals surface area (Å²) in [6, 6.07) is 4.70. The SMILES string of the molecule is CC(NC[C@H](C)O)c1ccc(Cl)c(F)c1. The Morgan fingerprint density at radius 1 is 1.47 bits per heavy atom. The van der Waals surface area contributed by atoms with Crippen LogP contribution in [0.15, 0.2) is 18.2 Å². The summed E-state index contributed by atoms with van der Waals surface area (Å²) in [5, 5.41) is 12.3. The fourth-order valence-electron chi connectivity index (χ4n) is 1.25. The molecule has 1 unspecified atom stereocenters. The van der Waals surface area contributed by atoms with Gasteiger partial charge >= 0.3 is 0 Å². The van der Waals surface area contributed by atoms with E-state index in [-0.39, 0.29) is 11.1 Å². The molecular formula is C11H15ClFNO. The molecule has 0 aliphatic heterocycles. The quantitative estimate of drug-likeness (QED) is 0.835. The van der Waals surface area contributed by atoms with E-state index in [4.69, 9.17) is 16.7 Å². The number of hydrogen-bond donors (Lipinski definition) is 2. The van der Waals surface area contributed by atoms with Gasteiger partial charge in [-0.25, -0.2) is 4.39 Å². The smallest absolute Gasteiger partial charge is 0.142 e. The first-order valence-corrected chi connectivity index (χ1v) is 5.25. The molecule has 2 N–H and O–H groups in total. The number of aliphatic hydroxyl groups excluding tert-OH is 1. The second-order valence-corrected chi connectivity index (χ2v) is 4.06. The third-order valence-electron chi connectivity index (χ3n) is 2.16. The van der Waals surface area contributed by atoms with Crippen LogP contribution in [-0.2, 0) is 0 Å². The highest BCUT2D eigenvalue weighted by Crippen LogP contribution is 2.19. The van der Waals surface area contributed by atoms with E-state index in [2.05, 4.69) is 5.32 Å². The van der Waals surface area contributed by atoms with Crippen molar-refractivity contribution in [2.75, 3.05) is 6.54 Å². The van der Waals surface area contributed by atoms with E-state index in [9.17, 15) is 4.39 Å². The van der Waals surface area contributed by atoms with Crippen molar-refractivity contribution in [3.05, 3.63) is 34.6 Å². The Morgan fingerprint density at radius 2 is 2.13 bits per heavy atom.